The third-order valence-electron chi connectivity index (χ3n) is 5.32. The lowest BCUT2D eigenvalue weighted by Gasteiger charge is -2.33. The Hall–Kier alpha value is -2.17. The standard InChI is InChI=1S/C19H24N4O/c1-13-9-14(2)23(21-13)16-6-4-8-22(12-16)19(24)18-10-17(18)15-5-3-7-20-11-15/h3,5,7,9,11,16-18H,4,6,8,10,12H2,1-2H3. The first kappa shape index (κ1) is 15.4. The van der Waals surface area contributed by atoms with Crippen molar-refractivity contribution in [1.82, 2.24) is 19.7 Å². The second-order valence-corrected chi connectivity index (χ2v) is 7.19. The molecule has 1 saturated carbocycles. The Balaban J connectivity index is 1.43. The number of nitrogens with zero attached hydrogens (tertiary/aromatic N) is 4. The third kappa shape index (κ3) is 2.83. The molecule has 5 heteroatoms. The van der Waals surface area contributed by atoms with Crippen LogP contribution in [0.3, 0.4) is 0 Å². The van der Waals surface area contributed by atoms with Gasteiger partial charge in [0.05, 0.1) is 11.7 Å². The number of carbonyl (C=O) groups excluding carboxylic acids is 1. The van der Waals surface area contributed by atoms with Gasteiger partial charge in [-0.15, -0.1) is 0 Å². The van der Waals surface area contributed by atoms with Crippen LogP contribution in [0.25, 0.3) is 0 Å². The van der Waals surface area contributed by atoms with Gasteiger partial charge in [-0.2, -0.15) is 5.10 Å². The number of rotatable bonds is 3. The molecule has 0 radical (unpaired) electrons. The number of aryl methyl sites for hydroxylation is 2. The predicted octanol–water partition coefficient (Wildman–Crippen LogP) is 2.86. The molecule has 2 fully saturated rings. The zero-order valence-corrected chi connectivity index (χ0v) is 14.4. The van der Waals surface area contributed by atoms with Gasteiger partial charge in [0.15, 0.2) is 0 Å². The topological polar surface area (TPSA) is 51.0 Å². The van der Waals surface area contributed by atoms with Crippen molar-refractivity contribution >= 4 is 5.91 Å². The summed E-state index contributed by atoms with van der Waals surface area (Å²) in [6, 6.07) is 6.46. The van der Waals surface area contributed by atoms with Gasteiger partial charge in [-0.05, 0) is 56.7 Å². The van der Waals surface area contributed by atoms with E-state index < -0.39 is 0 Å². The maximum absolute atomic E-state index is 12.9. The molecule has 1 aliphatic heterocycles. The summed E-state index contributed by atoms with van der Waals surface area (Å²) in [6.45, 7) is 5.79. The number of hydrogen-bond donors (Lipinski definition) is 0. The molecule has 1 amide bonds. The fourth-order valence-corrected chi connectivity index (χ4v) is 4.04. The van der Waals surface area contributed by atoms with E-state index in [1.54, 1.807) is 6.20 Å². The maximum Gasteiger partial charge on any atom is 0.226 e. The van der Waals surface area contributed by atoms with Crippen LogP contribution in [0.15, 0.2) is 30.6 Å². The highest BCUT2D eigenvalue weighted by Crippen LogP contribution is 2.48. The van der Waals surface area contributed by atoms with Crippen LogP contribution in [0.2, 0.25) is 0 Å². The summed E-state index contributed by atoms with van der Waals surface area (Å²) in [5.74, 6) is 0.823. The smallest absolute Gasteiger partial charge is 0.226 e. The molecule has 0 spiro atoms. The highest BCUT2D eigenvalue weighted by atomic mass is 16.2. The van der Waals surface area contributed by atoms with Crippen molar-refractivity contribution < 1.29 is 4.79 Å². The van der Waals surface area contributed by atoms with E-state index in [-0.39, 0.29) is 5.92 Å². The summed E-state index contributed by atoms with van der Waals surface area (Å²) in [5, 5.41) is 4.62. The zero-order valence-electron chi connectivity index (χ0n) is 14.4. The summed E-state index contributed by atoms with van der Waals surface area (Å²) in [4.78, 5) is 19.1. The van der Waals surface area contributed by atoms with E-state index in [4.69, 9.17) is 0 Å². The Bertz CT molecular complexity index is 739. The molecule has 4 rings (SSSR count). The van der Waals surface area contributed by atoms with E-state index in [1.165, 1.54) is 11.3 Å². The fraction of sp³-hybridized carbons (Fsp3) is 0.526. The lowest BCUT2D eigenvalue weighted by atomic mass is 10.0. The predicted molar refractivity (Wildman–Crippen MR) is 91.6 cm³/mol. The van der Waals surface area contributed by atoms with Gasteiger partial charge in [-0.3, -0.25) is 14.5 Å². The molecule has 2 aromatic heterocycles. The Labute approximate surface area is 142 Å². The quantitative estimate of drug-likeness (QED) is 0.872. The molecule has 2 aliphatic rings. The van der Waals surface area contributed by atoms with E-state index in [9.17, 15) is 4.79 Å². The van der Waals surface area contributed by atoms with Crippen molar-refractivity contribution in [3.63, 3.8) is 0 Å². The van der Waals surface area contributed by atoms with Crippen molar-refractivity contribution in [3.05, 3.63) is 47.5 Å². The molecule has 3 atom stereocenters. The van der Waals surface area contributed by atoms with Gasteiger partial charge in [0, 0.05) is 37.1 Å². The van der Waals surface area contributed by atoms with Gasteiger partial charge in [0.1, 0.15) is 0 Å². The van der Waals surface area contributed by atoms with Crippen LogP contribution < -0.4 is 0 Å². The number of pyridine rings is 1. The highest BCUT2D eigenvalue weighted by Gasteiger charge is 2.46. The van der Waals surface area contributed by atoms with Crippen molar-refractivity contribution in [1.29, 1.82) is 0 Å². The normalized spacial score (nSPS) is 26.4. The molecule has 0 aromatic carbocycles. The van der Waals surface area contributed by atoms with Gasteiger partial charge in [0.25, 0.3) is 0 Å². The second-order valence-electron chi connectivity index (χ2n) is 7.19. The number of amides is 1. The average molecular weight is 324 g/mol. The lowest BCUT2D eigenvalue weighted by Crippen LogP contribution is -2.42. The van der Waals surface area contributed by atoms with Gasteiger partial charge in [-0.1, -0.05) is 6.07 Å². The molecule has 5 nitrogen and oxygen atoms in total. The number of likely N-dealkylation sites (tertiary alicyclic amines) is 1. The van der Waals surface area contributed by atoms with Gasteiger partial charge in [0.2, 0.25) is 5.91 Å². The van der Waals surface area contributed by atoms with E-state index in [0.29, 0.717) is 17.9 Å². The molecule has 2 aromatic rings. The molecule has 3 unspecified atom stereocenters. The minimum absolute atomic E-state index is 0.147. The first-order valence-corrected chi connectivity index (χ1v) is 8.85. The Kier molecular flexibility index (Phi) is 3.87. The Morgan fingerprint density at radius 3 is 2.92 bits per heavy atom. The van der Waals surface area contributed by atoms with E-state index >= 15 is 0 Å². The molecule has 0 N–H and O–H groups in total. The van der Waals surface area contributed by atoms with Gasteiger partial charge in [-0.25, -0.2) is 0 Å². The van der Waals surface area contributed by atoms with E-state index in [0.717, 1.165) is 38.0 Å². The number of aromatic nitrogens is 3. The zero-order chi connectivity index (χ0) is 16.7. The minimum atomic E-state index is 0.147. The first-order valence-electron chi connectivity index (χ1n) is 8.85. The SMILES string of the molecule is Cc1cc(C)n(C2CCCN(C(=O)C3CC3c3cccnc3)C2)n1. The van der Waals surface area contributed by atoms with Crippen molar-refractivity contribution in [3.8, 4) is 0 Å². The second kappa shape index (κ2) is 6.04. The van der Waals surface area contributed by atoms with Gasteiger partial charge < -0.3 is 4.90 Å². The van der Waals surface area contributed by atoms with Crippen molar-refractivity contribution in [2.24, 2.45) is 5.92 Å². The summed E-state index contributed by atoms with van der Waals surface area (Å²) in [7, 11) is 0. The number of piperidine rings is 1. The van der Waals surface area contributed by atoms with Crippen LogP contribution in [-0.4, -0.2) is 38.7 Å². The molecule has 1 saturated heterocycles. The first-order chi connectivity index (χ1) is 11.6. The van der Waals surface area contributed by atoms with Crippen LogP contribution in [0.4, 0.5) is 0 Å². The third-order valence-corrected chi connectivity index (χ3v) is 5.32. The lowest BCUT2D eigenvalue weighted by molar-refractivity contribution is -0.134. The van der Waals surface area contributed by atoms with Crippen molar-refractivity contribution in [2.75, 3.05) is 13.1 Å². The molecule has 24 heavy (non-hydrogen) atoms. The highest BCUT2D eigenvalue weighted by molar-refractivity contribution is 5.83. The molecule has 126 valence electrons. The van der Waals surface area contributed by atoms with Crippen LogP contribution in [0, 0.1) is 19.8 Å². The van der Waals surface area contributed by atoms with Crippen molar-refractivity contribution in [2.45, 2.75) is 45.1 Å². The molecule has 0 bridgehead atoms. The number of carbonyl (C=O) groups is 1. The average Bonchev–Trinajstić information content (AvgIpc) is 3.33. The molecular formula is C19H24N4O. The minimum Gasteiger partial charge on any atom is -0.340 e. The van der Waals surface area contributed by atoms with E-state index in [2.05, 4.69) is 38.7 Å². The maximum atomic E-state index is 12.9. The summed E-state index contributed by atoms with van der Waals surface area (Å²) in [6.07, 6.45) is 6.80. The summed E-state index contributed by atoms with van der Waals surface area (Å²) in [5.41, 5.74) is 3.43. The Morgan fingerprint density at radius 1 is 1.33 bits per heavy atom. The van der Waals surface area contributed by atoms with Crippen LogP contribution >= 0.6 is 0 Å². The van der Waals surface area contributed by atoms with Gasteiger partial charge >= 0.3 is 0 Å². The Morgan fingerprint density at radius 2 is 2.21 bits per heavy atom. The largest absolute Gasteiger partial charge is 0.340 e. The number of hydrogen-bond acceptors (Lipinski definition) is 3. The molecular weight excluding hydrogens is 300 g/mol. The van der Waals surface area contributed by atoms with Crippen LogP contribution in [0.5, 0.6) is 0 Å². The summed E-state index contributed by atoms with van der Waals surface area (Å²) >= 11 is 0. The summed E-state index contributed by atoms with van der Waals surface area (Å²) < 4.78 is 2.11. The monoisotopic (exact) mass is 324 g/mol. The van der Waals surface area contributed by atoms with E-state index in [1.807, 2.05) is 19.2 Å². The molecule has 3 heterocycles. The fourth-order valence-electron chi connectivity index (χ4n) is 4.04. The van der Waals surface area contributed by atoms with Crippen LogP contribution in [0.1, 0.15) is 48.2 Å². The molecule has 1 aliphatic carbocycles. The van der Waals surface area contributed by atoms with Crippen LogP contribution in [-0.2, 0) is 4.79 Å².